The summed E-state index contributed by atoms with van der Waals surface area (Å²) in [5.41, 5.74) is 0. The Morgan fingerprint density at radius 3 is 2.58 bits per heavy atom. The maximum atomic E-state index is 11.9. The first kappa shape index (κ1) is 9.07. The molecule has 1 heterocycles. The van der Waals surface area contributed by atoms with Crippen LogP contribution in [-0.2, 0) is 9.92 Å². The van der Waals surface area contributed by atoms with Crippen molar-refractivity contribution in [2.24, 2.45) is 5.14 Å². The Labute approximate surface area is 67.3 Å². The van der Waals surface area contributed by atoms with Crippen LogP contribution < -0.4 is 5.14 Å². The molecule has 0 fully saturated rings. The van der Waals surface area contributed by atoms with E-state index in [4.69, 9.17) is 9.92 Å². The second-order valence-electron chi connectivity index (χ2n) is 2.01. The molecule has 1 atom stereocenters. The fraction of sp³-hybridized carbons (Fsp3) is 0.250. The lowest BCUT2D eigenvalue weighted by Crippen LogP contribution is -2.12. The number of hydrogen-bond acceptors (Lipinski definition) is 3. The Kier molecular flexibility index (Phi) is 2.11. The van der Waals surface area contributed by atoms with E-state index in [-0.39, 0.29) is 9.71 Å². The highest BCUT2D eigenvalue weighted by Gasteiger charge is 2.11. The smallest absolute Gasteiger partial charge is 0.240 e. The fourth-order valence-electron chi connectivity index (χ4n) is 0.591. The molecule has 0 aromatic carbocycles. The molecule has 8 heteroatoms. The van der Waals surface area contributed by atoms with Crippen LogP contribution in [0.5, 0.6) is 0 Å². The summed E-state index contributed by atoms with van der Waals surface area (Å²) in [4.78, 5) is 0. The van der Waals surface area contributed by atoms with Crippen LogP contribution >= 0.6 is 0 Å². The monoisotopic (exact) mass is 196 g/mol. The van der Waals surface area contributed by atoms with Gasteiger partial charge in [-0.25, -0.2) is 18.8 Å². The van der Waals surface area contributed by atoms with E-state index in [2.05, 4.69) is 5.10 Å². The van der Waals surface area contributed by atoms with Crippen LogP contribution in [0.15, 0.2) is 17.3 Å². The average Bonchev–Trinajstić information content (AvgIpc) is 2.30. The first-order valence-corrected chi connectivity index (χ1v) is 4.43. The minimum absolute atomic E-state index is 0.288. The van der Waals surface area contributed by atoms with Gasteiger partial charge in [0.1, 0.15) is 0 Å². The normalized spacial score (nSPS) is 16.3. The third-order valence-corrected chi connectivity index (χ3v) is 1.93. The molecule has 5 nitrogen and oxygen atoms in total. The highest BCUT2D eigenvalue weighted by molar-refractivity contribution is 7.90. The molecule has 1 aromatic rings. The SMILES string of the molecule is N=S(N)(=O)c1ccn(C(F)F)n1. The molecule has 0 bridgehead atoms. The van der Waals surface area contributed by atoms with E-state index in [1.165, 1.54) is 0 Å². The number of aromatic nitrogens is 2. The maximum absolute atomic E-state index is 11.9. The molecule has 0 aliphatic rings. The number of nitrogens with one attached hydrogen (secondary N) is 1. The Balaban J connectivity index is 3.09. The van der Waals surface area contributed by atoms with Crippen molar-refractivity contribution in [3.63, 3.8) is 0 Å². The molecule has 0 aliphatic carbocycles. The molecule has 0 radical (unpaired) electrons. The Morgan fingerprint density at radius 1 is 1.75 bits per heavy atom. The Hall–Kier alpha value is -1.02. The molecule has 12 heavy (non-hydrogen) atoms. The summed E-state index contributed by atoms with van der Waals surface area (Å²) in [6.45, 7) is -2.81. The third-order valence-electron chi connectivity index (χ3n) is 1.09. The van der Waals surface area contributed by atoms with Gasteiger partial charge in [-0.15, -0.1) is 0 Å². The summed E-state index contributed by atoms with van der Waals surface area (Å²) >= 11 is 0. The molecule has 0 spiro atoms. The first-order chi connectivity index (χ1) is 5.41. The van der Waals surface area contributed by atoms with Crippen molar-refractivity contribution in [2.45, 2.75) is 11.6 Å². The van der Waals surface area contributed by atoms with Crippen LogP contribution in [0.25, 0.3) is 0 Å². The van der Waals surface area contributed by atoms with Gasteiger partial charge >= 0.3 is 6.55 Å². The van der Waals surface area contributed by atoms with E-state index in [0.29, 0.717) is 0 Å². The Bertz CT molecular complexity index is 370. The van der Waals surface area contributed by atoms with Crippen molar-refractivity contribution < 1.29 is 13.0 Å². The number of halogens is 2. The van der Waals surface area contributed by atoms with E-state index in [1.54, 1.807) is 0 Å². The molecular weight excluding hydrogens is 190 g/mol. The zero-order chi connectivity index (χ0) is 9.35. The first-order valence-electron chi connectivity index (χ1n) is 2.81. The summed E-state index contributed by atoms with van der Waals surface area (Å²) in [7, 11) is -3.48. The zero-order valence-corrected chi connectivity index (χ0v) is 6.59. The molecule has 0 amide bonds. The molecule has 0 saturated heterocycles. The predicted octanol–water partition coefficient (Wildman–Crippen LogP) is 0.558. The number of rotatable bonds is 2. The highest BCUT2D eigenvalue weighted by atomic mass is 32.2. The van der Waals surface area contributed by atoms with Crippen molar-refractivity contribution in [3.8, 4) is 0 Å². The molecular formula is C4H6F2N4OS. The van der Waals surface area contributed by atoms with Gasteiger partial charge in [0.15, 0.2) is 14.9 Å². The molecule has 0 aliphatic heterocycles. The molecule has 1 rings (SSSR count). The van der Waals surface area contributed by atoms with Gasteiger partial charge in [-0.05, 0) is 6.07 Å². The van der Waals surface area contributed by atoms with Gasteiger partial charge in [0, 0.05) is 6.20 Å². The van der Waals surface area contributed by atoms with Crippen LogP contribution in [0.4, 0.5) is 8.78 Å². The van der Waals surface area contributed by atoms with Gasteiger partial charge in [-0.2, -0.15) is 13.9 Å². The third kappa shape index (κ3) is 1.77. The number of nitrogens with zero attached hydrogens (tertiary/aromatic N) is 2. The van der Waals surface area contributed by atoms with Crippen LogP contribution in [-0.4, -0.2) is 14.0 Å². The molecule has 68 valence electrons. The lowest BCUT2D eigenvalue weighted by Gasteiger charge is -1.96. The van der Waals surface area contributed by atoms with Crippen LogP contribution in [0.2, 0.25) is 0 Å². The number of hydrogen-bond donors (Lipinski definition) is 2. The number of alkyl halides is 2. The summed E-state index contributed by atoms with van der Waals surface area (Å²) in [6, 6.07) is 1.03. The standard InChI is InChI=1S/C4H6F2N4OS/c5-4(6)10-2-1-3(9-10)12(7,8)11/h1-2,4H,(H3,7,8,11). The predicted molar refractivity (Wildman–Crippen MR) is 36.8 cm³/mol. The fourth-order valence-corrected chi connectivity index (χ4v) is 1.07. The van der Waals surface area contributed by atoms with Gasteiger partial charge in [-0.1, -0.05) is 0 Å². The molecule has 3 N–H and O–H groups in total. The van der Waals surface area contributed by atoms with Gasteiger partial charge in [0.25, 0.3) is 0 Å². The van der Waals surface area contributed by atoms with Crippen LogP contribution in [0.3, 0.4) is 0 Å². The topological polar surface area (TPSA) is 84.8 Å². The molecule has 0 saturated carbocycles. The van der Waals surface area contributed by atoms with Crippen molar-refractivity contribution in [3.05, 3.63) is 12.3 Å². The quantitative estimate of drug-likeness (QED) is 0.724. The summed E-state index contributed by atoms with van der Waals surface area (Å²) in [6.07, 6.45) is 0.918. The molecule has 1 unspecified atom stereocenters. The average molecular weight is 196 g/mol. The van der Waals surface area contributed by atoms with Gasteiger partial charge in [0.2, 0.25) is 0 Å². The van der Waals surface area contributed by atoms with Gasteiger partial charge < -0.3 is 0 Å². The highest BCUT2D eigenvalue weighted by Crippen LogP contribution is 2.10. The summed E-state index contributed by atoms with van der Waals surface area (Å²) < 4.78 is 41.6. The number of nitrogens with two attached hydrogens (primary N) is 1. The maximum Gasteiger partial charge on any atom is 0.333 e. The molecule has 1 aromatic heterocycles. The van der Waals surface area contributed by atoms with Crippen molar-refractivity contribution in [1.29, 1.82) is 4.78 Å². The second kappa shape index (κ2) is 2.79. The van der Waals surface area contributed by atoms with E-state index in [0.717, 1.165) is 12.3 Å². The largest absolute Gasteiger partial charge is 0.333 e. The zero-order valence-electron chi connectivity index (χ0n) is 5.78. The lowest BCUT2D eigenvalue weighted by atomic mass is 10.7. The lowest BCUT2D eigenvalue weighted by molar-refractivity contribution is 0.0554. The van der Waals surface area contributed by atoms with Crippen LogP contribution in [0.1, 0.15) is 6.55 Å². The van der Waals surface area contributed by atoms with Gasteiger partial charge in [0.05, 0.1) is 0 Å². The van der Waals surface area contributed by atoms with E-state index < -0.39 is 16.5 Å². The van der Waals surface area contributed by atoms with Crippen molar-refractivity contribution >= 4 is 9.92 Å². The minimum Gasteiger partial charge on any atom is -0.240 e. The van der Waals surface area contributed by atoms with E-state index in [1.807, 2.05) is 0 Å². The summed E-state index contributed by atoms with van der Waals surface area (Å²) in [5.74, 6) is 0. The Morgan fingerprint density at radius 2 is 2.33 bits per heavy atom. The van der Waals surface area contributed by atoms with Crippen molar-refractivity contribution in [1.82, 2.24) is 9.78 Å². The minimum atomic E-state index is -3.48. The van der Waals surface area contributed by atoms with E-state index >= 15 is 0 Å². The van der Waals surface area contributed by atoms with Crippen molar-refractivity contribution in [2.75, 3.05) is 0 Å². The van der Waals surface area contributed by atoms with Crippen LogP contribution in [0, 0.1) is 4.78 Å². The summed E-state index contributed by atoms with van der Waals surface area (Å²) in [5, 5.41) is 7.66. The van der Waals surface area contributed by atoms with Gasteiger partial charge in [-0.3, -0.25) is 0 Å². The van der Waals surface area contributed by atoms with E-state index in [9.17, 15) is 13.0 Å². The second-order valence-corrected chi connectivity index (χ2v) is 3.63.